The number of nitrogens with zero attached hydrogens (tertiary/aromatic N) is 2. The quantitative estimate of drug-likeness (QED) is 0.580. The number of hydrogen-bond acceptors (Lipinski definition) is 6. The maximum absolute atomic E-state index is 13.2. The number of pyridine rings is 1. The second kappa shape index (κ2) is 9.82. The van der Waals surface area contributed by atoms with E-state index in [1.54, 1.807) is 36.7 Å². The first kappa shape index (κ1) is 21.8. The molecule has 2 aliphatic rings. The highest BCUT2D eigenvalue weighted by Crippen LogP contribution is 2.33. The molecule has 0 aliphatic carbocycles. The van der Waals surface area contributed by atoms with Crippen molar-refractivity contribution in [2.45, 2.75) is 25.8 Å². The number of benzene rings is 2. The van der Waals surface area contributed by atoms with Crippen LogP contribution in [-0.4, -0.2) is 36.7 Å². The van der Waals surface area contributed by atoms with Gasteiger partial charge in [0.1, 0.15) is 0 Å². The predicted octanol–water partition coefficient (Wildman–Crippen LogP) is 3.98. The molecule has 0 atom stereocenters. The molecule has 0 unspecified atom stereocenters. The van der Waals surface area contributed by atoms with Crippen molar-refractivity contribution in [2.24, 2.45) is 0 Å². The normalized spacial score (nSPS) is 14.5. The molecule has 1 aromatic heterocycles. The molecule has 5 rings (SSSR count). The highest BCUT2D eigenvalue weighted by Gasteiger charge is 2.21. The number of aromatic nitrogens is 1. The molecule has 8 nitrogen and oxygen atoms in total. The molecule has 3 heterocycles. The lowest BCUT2D eigenvalue weighted by Gasteiger charge is -2.30. The SMILES string of the molecule is O=C(Nc1ccc(N2CCCCC2)c(C(=O)NCc2cccnc2)c1)c1ccc2c(c1)OCO2. The fraction of sp³-hybridized carbons (Fsp3) is 0.269. The van der Waals surface area contributed by atoms with Crippen LogP contribution in [0.15, 0.2) is 60.9 Å². The highest BCUT2D eigenvalue weighted by molar-refractivity contribution is 6.06. The van der Waals surface area contributed by atoms with Gasteiger partial charge in [0, 0.05) is 49.0 Å². The van der Waals surface area contributed by atoms with E-state index in [1.807, 2.05) is 24.3 Å². The number of carbonyl (C=O) groups is 2. The summed E-state index contributed by atoms with van der Waals surface area (Å²) < 4.78 is 10.7. The van der Waals surface area contributed by atoms with E-state index in [4.69, 9.17) is 9.47 Å². The van der Waals surface area contributed by atoms with Crippen molar-refractivity contribution in [1.29, 1.82) is 0 Å². The molecule has 1 fully saturated rings. The molecular weight excluding hydrogens is 432 g/mol. The zero-order valence-electron chi connectivity index (χ0n) is 18.8. The Balaban J connectivity index is 1.37. The number of anilines is 2. The fourth-order valence-corrected chi connectivity index (χ4v) is 4.23. The van der Waals surface area contributed by atoms with E-state index in [1.165, 1.54) is 6.42 Å². The molecule has 34 heavy (non-hydrogen) atoms. The number of hydrogen-bond donors (Lipinski definition) is 2. The summed E-state index contributed by atoms with van der Waals surface area (Å²) in [5.41, 5.74) is 3.34. The van der Waals surface area contributed by atoms with E-state index >= 15 is 0 Å². The van der Waals surface area contributed by atoms with Crippen molar-refractivity contribution >= 4 is 23.2 Å². The molecule has 2 amide bonds. The minimum absolute atomic E-state index is 0.149. The van der Waals surface area contributed by atoms with Gasteiger partial charge < -0.3 is 25.0 Å². The summed E-state index contributed by atoms with van der Waals surface area (Å²) in [7, 11) is 0. The molecule has 0 radical (unpaired) electrons. The van der Waals surface area contributed by atoms with Crippen LogP contribution in [0.25, 0.3) is 0 Å². The molecule has 1 saturated heterocycles. The third-order valence-corrected chi connectivity index (χ3v) is 6.01. The maximum Gasteiger partial charge on any atom is 0.255 e. The van der Waals surface area contributed by atoms with Crippen molar-refractivity contribution in [3.63, 3.8) is 0 Å². The first-order valence-electron chi connectivity index (χ1n) is 11.4. The van der Waals surface area contributed by atoms with Gasteiger partial charge in [-0.05, 0) is 67.3 Å². The lowest BCUT2D eigenvalue weighted by Crippen LogP contribution is -2.32. The van der Waals surface area contributed by atoms with Crippen LogP contribution in [0.2, 0.25) is 0 Å². The number of nitrogens with one attached hydrogen (secondary N) is 2. The molecule has 2 aliphatic heterocycles. The summed E-state index contributed by atoms with van der Waals surface area (Å²) in [5.74, 6) is 0.688. The van der Waals surface area contributed by atoms with Crippen molar-refractivity contribution in [1.82, 2.24) is 10.3 Å². The van der Waals surface area contributed by atoms with E-state index in [2.05, 4.69) is 20.5 Å². The van der Waals surface area contributed by atoms with Crippen LogP contribution < -0.4 is 25.0 Å². The smallest absolute Gasteiger partial charge is 0.255 e. The molecule has 0 spiro atoms. The number of ether oxygens (including phenoxy) is 2. The van der Waals surface area contributed by atoms with Gasteiger partial charge in [-0.25, -0.2) is 0 Å². The molecule has 174 valence electrons. The van der Waals surface area contributed by atoms with Crippen LogP contribution in [0.4, 0.5) is 11.4 Å². The van der Waals surface area contributed by atoms with Gasteiger partial charge in [0.2, 0.25) is 6.79 Å². The minimum atomic E-state index is -0.286. The number of piperidine rings is 1. The van der Waals surface area contributed by atoms with Gasteiger partial charge in [0.15, 0.2) is 11.5 Å². The lowest BCUT2D eigenvalue weighted by molar-refractivity contribution is 0.0950. The molecule has 3 aromatic rings. The van der Waals surface area contributed by atoms with Gasteiger partial charge in [-0.1, -0.05) is 6.07 Å². The van der Waals surface area contributed by atoms with Crippen molar-refractivity contribution in [2.75, 3.05) is 30.1 Å². The average molecular weight is 459 g/mol. The Bertz CT molecular complexity index is 1190. The predicted molar refractivity (Wildman–Crippen MR) is 128 cm³/mol. The Hall–Kier alpha value is -4.07. The van der Waals surface area contributed by atoms with Crippen molar-refractivity contribution in [3.8, 4) is 11.5 Å². The summed E-state index contributed by atoms with van der Waals surface area (Å²) in [6.45, 7) is 2.34. The second-order valence-corrected chi connectivity index (χ2v) is 8.35. The Morgan fingerprint density at radius 1 is 0.941 bits per heavy atom. The van der Waals surface area contributed by atoms with Crippen LogP contribution >= 0.6 is 0 Å². The standard InChI is InChI=1S/C26H26N4O4/c31-25(19-6-9-23-24(13-19)34-17-33-23)29-20-7-8-22(30-11-2-1-3-12-30)21(14-20)26(32)28-16-18-5-4-10-27-15-18/h4-10,13-15H,1-3,11-12,16-17H2,(H,28,32)(H,29,31). The van der Waals surface area contributed by atoms with Crippen LogP contribution in [0, 0.1) is 0 Å². The van der Waals surface area contributed by atoms with Crippen LogP contribution in [0.1, 0.15) is 45.5 Å². The third-order valence-electron chi connectivity index (χ3n) is 6.01. The Kier molecular flexibility index (Phi) is 6.29. The average Bonchev–Trinajstić information content (AvgIpc) is 3.36. The maximum atomic E-state index is 13.2. The molecule has 2 aromatic carbocycles. The summed E-state index contributed by atoms with van der Waals surface area (Å²) in [6.07, 6.45) is 6.82. The van der Waals surface area contributed by atoms with Gasteiger partial charge in [-0.2, -0.15) is 0 Å². The number of carbonyl (C=O) groups excluding carboxylic acids is 2. The van der Waals surface area contributed by atoms with Gasteiger partial charge in [0.25, 0.3) is 11.8 Å². The molecular formula is C26H26N4O4. The van der Waals surface area contributed by atoms with Crippen molar-refractivity contribution < 1.29 is 19.1 Å². The Labute approximate surface area is 197 Å². The second-order valence-electron chi connectivity index (χ2n) is 8.35. The van der Waals surface area contributed by atoms with E-state index in [9.17, 15) is 9.59 Å². The topological polar surface area (TPSA) is 92.8 Å². The number of amides is 2. The third kappa shape index (κ3) is 4.80. The lowest BCUT2D eigenvalue weighted by atomic mass is 10.1. The van der Waals surface area contributed by atoms with Crippen molar-refractivity contribution in [3.05, 3.63) is 77.6 Å². The minimum Gasteiger partial charge on any atom is -0.454 e. The van der Waals surface area contributed by atoms with E-state index in [0.717, 1.165) is 37.2 Å². The summed E-state index contributed by atoms with van der Waals surface area (Å²) in [6, 6.07) is 14.3. The molecule has 0 saturated carbocycles. The first-order chi connectivity index (χ1) is 16.7. The summed E-state index contributed by atoms with van der Waals surface area (Å²) >= 11 is 0. The molecule has 8 heteroatoms. The van der Waals surface area contributed by atoms with Crippen LogP contribution in [0.3, 0.4) is 0 Å². The van der Waals surface area contributed by atoms with E-state index in [-0.39, 0.29) is 18.6 Å². The van der Waals surface area contributed by atoms with Crippen LogP contribution in [-0.2, 0) is 6.54 Å². The number of rotatable bonds is 6. The van der Waals surface area contributed by atoms with E-state index in [0.29, 0.717) is 34.9 Å². The van der Waals surface area contributed by atoms with Crippen LogP contribution in [0.5, 0.6) is 11.5 Å². The zero-order chi connectivity index (χ0) is 23.3. The monoisotopic (exact) mass is 458 g/mol. The Morgan fingerprint density at radius 3 is 2.62 bits per heavy atom. The fourth-order valence-electron chi connectivity index (χ4n) is 4.23. The summed E-state index contributed by atoms with van der Waals surface area (Å²) in [5, 5.41) is 5.89. The Morgan fingerprint density at radius 2 is 1.79 bits per heavy atom. The zero-order valence-corrected chi connectivity index (χ0v) is 18.8. The van der Waals surface area contributed by atoms with Gasteiger partial charge in [0.05, 0.1) is 5.56 Å². The first-order valence-corrected chi connectivity index (χ1v) is 11.4. The van der Waals surface area contributed by atoms with E-state index < -0.39 is 0 Å². The highest BCUT2D eigenvalue weighted by atomic mass is 16.7. The molecule has 0 bridgehead atoms. The van der Waals surface area contributed by atoms with Gasteiger partial charge in [-0.3, -0.25) is 14.6 Å². The van der Waals surface area contributed by atoms with Gasteiger partial charge in [-0.15, -0.1) is 0 Å². The van der Waals surface area contributed by atoms with Gasteiger partial charge >= 0.3 is 0 Å². The number of fused-ring (bicyclic) bond motifs is 1. The molecule has 2 N–H and O–H groups in total. The summed E-state index contributed by atoms with van der Waals surface area (Å²) in [4.78, 5) is 32.4. The largest absolute Gasteiger partial charge is 0.454 e.